The Bertz CT molecular complexity index is 1100. The van der Waals surface area contributed by atoms with Crippen molar-refractivity contribution in [1.82, 2.24) is 9.62 Å². The Morgan fingerprint density at radius 3 is 2.35 bits per heavy atom. The summed E-state index contributed by atoms with van der Waals surface area (Å²) in [5.41, 5.74) is 0.0146. The van der Waals surface area contributed by atoms with Gasteiger partial charge in [-0.25, -0.2) is 8.42 Å². The van der Waals surface area contributed by atoms with Crippen LogP contribution < -0.4 is 5.32 Å². The van der Waals surface area contributed by atoms with Crippen molar-refractivity contribution in [3.05, 3.63) is 65.7 Å². The molecule has 3 rings (SSSR count). The molecule has 1 amide bonds. The number of rotatable bonds is 8. The molecule has 184 valence electrons. The van der Waals surface area contributed by atoms with E-state index in [1.807, 2.05) is 30.3 Å². The maximum Gasteiger partial charge on any atom is 0.416 e. The van der Waals surface area contributed by atoms with Crippen molar-refractivity contribution >= 4 is 21.9 Å². The third-order valence-electron chi connectivity index (χ3n) is 5.51. The van der Waals surface area contributed by atoms with Gasteiger partial charge in [-0.1, -0.05) is 36.4 Å². The van der Waals surface area contributed by atoms with E-state index in [1.54, 1.807) is 0 Å². The van der Waals surface area contributed by atoms with Crippen LogP contribution in [0.1, 0.15) is 24.0 Å². The molecule has 1 N–H and O–H groups in total. The summed E-state index contributed by atoms with van der Waals surface area (Å²) in [6.07, 6.45) is -3.73. The Kier molecular flexibility index (Phi) is 8.32. The molecule has 0 bridgehead atoms. The van der Waals surface area contributed by atoms with Gasteiger partial charge in [-0.3, -0.25) is 9.59 Å². The fourth-order valence-corrected chi connectivity index (χ4v) is 5.13. The summed E-state index contributed by atoms with van der Waals surface area (Å²) in [6.45, 7) is -0.119. The molecule has 0 saturated carbocycles. The number of carbonyl (C=O) groups is 2. The average molecular weight is 499 g/mol. The number of nitrogens with zero attached hydrogens (tertiary/aromatic N) is 1. The van der Waals surface area contributed by atoms with E-state index in [0.717, 1.165) is 28.1 Å². The first-order chi connectivity index (χ1) is 16.1. The second-order valence-electron chi connectivity index (χ2n) is 7.90. The standard InChI is InChI=1S/C23H25F3N2O5S/c24-23(25,26)19-7-4-8-20(15-19)34(31,32)28-13-10-18(11-14-28)22(30)33-16-21(29)27-12-9-17-5-2-1-3-6-17/h1-8,15,18H,9-14,16H2,(H,27,29). The Morgan fingerprint density at radius 2 is 1.71 bits per heavy atom. The first-order valence-electron chi connectivity index (χ1n) is 10.7. The van der Waals surface area contributed by atoms with E-state index in [9.17, 15) is 31.2 Å². The molecule has 0 radical (unpaired) electrons. The Labute approximate surface area is 196 Å². The van der Waals surface area contributed by atoms with E-state index >= 15 is 0 Å². The van der Waals surface area contributed by atoms with Gasteiger partial charge in [0.05, 0.1) is 16.4 Å². The molecule has 0 atom stereocenters. The van der Waals surface area contributed by atoms with Crippen LogP contribution in [0.2, 0.25) is 0 Å². The lowest BCUT2D eigenvalue weighted by Crippen LogP contribution is -2.41. The van der Waals surface area contributed by atoms with Crippen molar-refractivity contribution in [2.75, 3.05) is 26.2 Å². The van der Waals surface area contributed by atoms with Gasteiger partial charge in [-0.15, -0.1) is 0 Å². The van der Waals surface area contributed by atoms with Gasteiger partial charge in [-0.2, -0.15) is 17.5 Å². The van der Waals surface area contributed by atoms with E-state index in [4.69, 9.17) is 4.74 Å². The van der Waals surface area contributed by atoms with Crippen LogP contribution >= 0.6 is 0 Å². The SMILES string of the molecule is O=C(COC(=O)C1CCN(S(=O)(=O)c2cccc(C(F)(F)F)c2)CC1)NCCc1ccccc1. The fourth-order valence-electron chi connectivity index (χ4n) is 3.61. The molecule has 1 aliphatic heterocycles. The minimum Gasteiger partial charge on any atom is -0.455 e. The Balaban J connectivity index is 1.45. The highest BCUT2D eigenvalue weighted by Crippen LogP contribution is 2.32. The summed E-state index contributed by atoms with van der Waals surface area (Å²) in [5.74, 6) is -1.63. The van der Waals surface area contributed by atoms with Gasteiger partial charge in [0.2, 0.25) is 10.0 Å². The van der Waals surface area contributed by atoms with Gasteiger partial charge in [0.25, 0.3) is 5.91 Å². The number of halogens is 3. The molecule has 0 aliphatic carbocycles. The van der Waals surface area contributed by atoms with E-state index < -0.39 is 51.1 Å². The summed E-state index contributed by atoms with van der Waals surface area (Å²) in [7, 11) is -4.14. The number of hydrogen-bond donors (Lipinski definition) is 1. The van der Waals surface area contributed by atoms with Gasteiger partial charge in [-0.05, 0) is 43.0 Å². The summed E-state index contributed by atoms with van der Waals surface area (Å²) < 4.78 is 70.4. The molecule has 0 spiro atoms. The van der Waals surface area contributed by atoms with E-state index in [1.165, 1.54) is 0 Å². The Morgan fingerprint density at radius 1 is 1.03 bits per heavy atom. The number of sulfonamides is 1. The summed E-state index contributed by atoms with van der Waals surface area (Å²) in [4.78, 5) is 23.7. The lowest BCUT2D eigenvalue weighted by molar-refractivity contribution is -0.153. The van der Waals surface area contributed by atoms with Crippen LogP contribution in [0.15, 0.2) is 59.5 Å². The third-order valence-corrected chi connectivity index (χ3v) is 7.41. The zero-order valence-corrected chi connectivity index (χ0v) is 19.1. The first-order valence-corrected chi connectivity index (χ1v) is 12.2. The number of hydrogen-bond acceptors (Lipinski definition) is 5. The van der Waals surface area contributed by atoms with Crippen molar-refractivity contribution in [2.24, 2.45) is 5.92 Å². The van der Waals surface area contributed by atoms with Crippen LogP contribution in [-0.2, 0) is 36.9 Å². The van der Waals surface area contributed by atoms with E-state index in [2.05, 4.69) is 5.32 Å². The number of amides is 1. The quantitative estimate of drug-likeness (QED) is 0.565. The fraction of sp³-hybridized carbons (Fsp3) is 0.391. The lowest BCUT2D eigenvalue weighted by Gasteiger charge is -2.30. The number of carbonyl (C=O) groups excluding carboxylic acids is 2. The maximum atomic E-state index is 12.9. The molecular weight excluding hydrogens is 473 g/mol. The van der Waals surface area contributed by atoms with Gasteiger partial charge >= 0.3 is 12.1 Å². The van der Waals surface area contributed by atoms with Crippen LogP contribution in [0, 0.1) is 5.92 Å². The highest BCUT2D eigenvalue weighted by molar-refractivity contribution is 7.89. The van der Waals surface area contributed by atoms with Crippen molar-refractivity contribution < 1.29 is 35.9 Å². The number of nitrogens with one attached hydrogen (secondary N) is 1. The third kappa shape index (κ3) is 6.80. The monoisotopic (exact) mass is 498 g/mol. The normalized spacial score (nSPS) is 15.6. The van der Waals surface area contributed by atoms with Crippen molar-refractivity contribution in [1.29, 1.82) is 0 Å². The molecule has 1 saturated heterocycles. The zero-order valence-electron chi connectivity index (χ0n) is 18.3. The topological polar surface area (TPSA) is 92.8 Å². The van der Waals surface area contributed by atoms with E-state index in [-0.39, 0.29) is 25.9 Å². The number of piperidine rings is 1. The van der Waals surface area contributed by atoms with Crippen LogP contribution in [0.25, 0.3) is 0 Å². The van der Waals surface area contributed by atoms with Crippen molar-refractivity contribution in [2.45, 2.75) is 30.3 Å². The summed E-state index contributed by atoms with van der Waals surface area (Å²) in [5, 5.41) is 2.67. The van der Waals surface area contributed by atoms with Gasteiger partial charge in [0, 0.05) is 19.6 Å². The smallest absolute Gasteiger partial charge is 0.416 e. The predicted molar refractivity (Wildman–Crippen MR) is 117 cm³/mol. The van der Waals surface area contributed by atoms with Gasteiger partial charge in [0.1, 0.15) is 0 Å². The molecule has 1 heterocycles. The average Bonchev–Trinajstić information content (AvgIpc) is 2.83. The molecule has 0 unspecified atom stereocenters. The van der Waals surface area contributed by atoms with Crippen LogP contribution in [0.3, 0.4) is 0 Å². The second-order valence-corrected chi connectivity index (χ2v) is 9.84. The molecule has 2 aromatic rings. The molecule has 0 aromatic heterocycles. The molecule has 7 nitrogen and oxygen atoms in total. The number of benzene rings is 2. The minimum absolute atomic E-state index is 0.0401. The van der Waals surface area contributed by atoms with Crippen LogP contribution in [0.5, 0.6) is 0 Å². The minimum atomic E-state index is -4.66. The molecule has 1 aliphatic rings. The molecule has 1 fully saturated rings. The molecular formula is C23H25F3N2O5S. The largest absolute Gasteiger partial charge is 0.455 e. The van der Waals surface area contributed by atoms with Gasteiger partial charge in [0.15, 0.2) is 6.61 Å². The lowest BCUT2D eigenvalue weighted by atomic mass is 9.98. The zero-order chi connectivity index (χ0) is 24.8. The summed E-state index contributed by atoms with van der Waals surface area (Å²) >= 11 is 0. The maximum absolute atomic E-state index is 12.9. The predicted octanol–water partition coefficient (Wildman–Crippen LogP) is 3.01. The summed E-state index contributed by atoms with van der Waals surface area (Å²) in [6, 6.07) is 13.1. The van der Waals surface area contributed by atoms with Crippen LogP contribution in [0.4, 0.5) is 13.2 Å². The van der Waals surface area contributed by atoms with Gasteiger partial charge < -0.3 is 10.1 Å². The van der Waals surface area contributed by atoms with Crippen LogP contribution in [-0.4, -0.2) is 50.8 Å². The highest BCUT2D eigenvalue weighted by atomic mass is 32.2. The molecule has 11 heteroatoms. The molecule has 34 heavy (non-hydrogen) atoms. The first kappa shape index (κ1) is 25.7. The molecule has 2 aromatic carbocycles. The van der Waals surface area contributed by atoms with Crippen molar-refractivity contribution in [3.8, 4) is 0 Å². The van der Waals surface area contributed by atoms with E-state index in [0.29, 0.717) is 19.0 Å². The number of ether oxygens (including phenoxy) is 1. The number of esters is 1. The van der Waals surface area contributed by atoms with Crippen molar-refractivity contribution in [3.63, 3.8) is 0 Å². The Hall–Kier alpha value is -2.92. The highest BCUT2D eigenvalue weighted by Gasteiger charge is 2.35. The number of alkyl halides is 3. The second kappa shape index (κ2) is 11.0.